The number of aryl methyl sites for hydroxylation is 4. The van der Waals surface area contributed by atoms with E-state index in [0.29, 0.717) is 52.8 Å². The Morgan fingerprint density at radius 3 is 2.45 bits per heavy atom. The number of carbonyl (C=O) groups excluding carboxylic acids is 1. The van der Waals surface area contributed by atoms with Crippen LogP contribution in [0.25, 0.3) is 11.0 Å². The van der Waals surface area contributed by atoms with Crippen molar-refractivity contribution in [3.63, 3.8) is 0 Å². The number of benzene rings is 2. The van der Waals surface area contributed by atoms with Crippen LogP contribution in [0.1, 0.15) is 46.8 Å². The van der Waals surface area contributed by atoms with Gasteiger partial charge in [0.25, 0.3) is 5.91 Å². The number of nitrogens with zero attached hydrogens (tertiary/aromatic N) is 4. The van der Waals surface area contributed by atoms with Gasteiger partial charge in [0.05, 0.1) is 41.6 Å². The van der Waals surface area contributed by atoms with Crippen LogP contribution >= 0.6 is 7.82 Å². The lowest BCUT2D eigenvalue weighted by molar-refractivity contribution is 0.102. The second-order valence-electron chi connectivity index (χ2n) is 8.32. The van der Waals surface area contributed by atoms with Crippen molar-refractivity contribution >= 4 is 30.7 Å². The summed E-state index contributed by atoms with van der Waals surface area (Å²) in [5.74, 6) is 0.737. The number of phosphoric ester groups is 1. The van der Waals surface area contributed by atoms with Crippen LogP contribution in [-0.2, 0) is 26.6 Å². The number of hydrogen-bond acceptors (Lipinski definition) is 9. The van der Waals surface area contributed by atoms with Gasteiger partial charge in [-0.1, -0.05) is 17.3 Å². The van der Waals surface area contributed by atoms with Crippen LogP contribution in [0.3, 0.4) is 0 Å². The van der Waals surface area contributed by atoms with Gasteiger partial charge in [-0.05, 0) is 70.0 Å². The minimum absolute atomic E-state index is 0.194. The summed E-state index contributed by atoms with van der Waals surface area (Å²) in [5.41, 5.74) is 3.64. The lowest BCUT2D eigenvalue weighted by Crippen LogP contribution is -2.17. The smallest absolute Gasteiger partial charge is 0.404 e. The largest absolute Gasteiger partial charge is 0.530 e. The molecule has 0 saturated heterocycles. The van der Waals surface area contributed by atoms with Gasteiger partial charge in [-0.25, -0.2) is 9.55 Å². The van der Waals surface area contributed by atoms with Crippen molar-refractivity contribution in [3.8, 4) is 11.8 Å². The first-order valence-corrected chi connectivity index (χ1v) is 13.5. The number of imidazole rings is 1. The predicted molar refractivity (Wildman–Crippen MR) is 140 cm³/mol. The third-order valence-electron chi connectivity index (χ3n) is 5.70. The third kappa shape index (κ3) is 5.94. The number of hydrogen-bond donors (Lipinski definition) is 1. The van der Waals surface area contributed by atoms with Gasteiger partial charge in [0, 0.05) is 6.54 Å². The third-order valence-corrected chi connectivity index (χ3v) is 7.29. The van der Waals surface area contributed by atoms with Crippen molar-refractivity contribution < 1.29 is 27.5 Å². The minimum Gasteiger partial charge on any atom is -0.404 e. The summed E-state index contributed by atoms with van der Waals surface area (Å²) in [5, 5.41) is 16.0. The maximum absolute atomic E-state index is 13.0. The monoisotopic (exact) mass is 537 g/mol. The molecule has 0 fully saturated rings. The van der Waals surface area contributed by atoms with Gasteiger partial charge in [-0.15, -0.1) is 0 Å². The molecule has 1 amide bonds. The highest BCUT2D eigenvalue weighted by atomic mass is 31.2. The topological polar surface area (TPSA) is 142 Å². The first-order chi connectivity index (χ1) is 18.3. The Labute approximate surface area is 219 Å². The summed E-state index contributed by atoms with van der Waals surface area (Å²) in [6.07, 6.45) is 0.592. The molecule has 0 saturated carbocycles. The first kappa shape index (κ1) is 27.1. The SMILES string of the molecule is CCOP(=O)(OCC)Oc1ccc(CCn2c(NC(=O)c3c(C)noc3C)nc3cc(C#N)ccc32)cc1. The molecule has 0 bridgehead atoms. The molecular formula is C26H28N5O6P. The summed E-state index contributed by atoms with van der Waals surface area (Å²) in [7, 11) is -3.68. The quantitative estimate of drug-likeness (QED) is 0.243. The molecule has 1 N–H and O–H groups in total. The Morgan fingerprint density at radius 2 is 1.84 bits per heavy atom. The average molecular weight is 538 g/mol. The van der Waals surface area contributed by atoms with Crippen molar-refractivity contribution in [2.45, 2.75) is 40.7 Å². The molecule has 2 heterocycles. The number of carbonyl (C=O) groups is 1. The summed E-state index contributed by atoms with van der Waals surface area (Å²) in [4.78, 5) is 17.6. The van der Waals surface area contributed by atoms with Crippen LogP contribution < -0.4 is 9.84 Å². The van der Waals surface area contributed by atoms with Gasteiger partial charge in [0.1, 0.15) is 17.1 Å². The normalized spacial score (nSPS) is 11.4. The maximum atomic E-state index is 13.0. The first-order valence-electron chi connectivity index (χ1n) is 12.1. The standard InChI is InChI=1S/C26H28N5O6P/c1-5-34-38(33,35-6-2)37-21-10-7-19(8-11-21)13-14-31-23-12-9-20(16-27)15-22(23)28-26(31)29-25(32)24-17(3)30-36-18(24)4/h7-12,15H,5-6,13-14H2,1-4H3,(H,28,29,32). The van der Waals surface area contributed by atoms with E-state index in [-0.39, 0.29) is 19.1 Å². The lowest BCUT2D eigenvalue weighted by atomic mass is 10.1. The highest BCUT2D eigenvalue weighted by molar-refractivity contribution is 7.48. The molecular weight excluding hydrogens is 509 g/mol. The number of fused-ring (bicyclic) bond motifs is 1. The Morgan fingerprint density at radius 1 is 1.13 bits per heavy atom. The van der Waals surface area contributed by atoms with E-state index in [1.54, 1.807) is 52.0 Å². The zero-order valence-electron chi connectivity index (χ0n) is 21.6. The van der Waals surface area contributed by atoms with E-state index in [0.717, 1.165) is 11.1 Å². The van der Waals surface area contributed by atoms with E-state index in [2.05, 4.69) is 21.5 Å². The molecule has 0 radical (unpaired) electrons. The fraction of sp³-hybridized carbons (Fsp3) is 0.308. The van der Waals surface area contributed by atoms with E-state index >= 15 is 0 Å². The van der Waals surface area contributed by atoms with Gasteiger partial charge in [0.2, 0.25) is 5.95 Å². The van der Waals surface area contributed by atoms with Crippen molar-refractivity contribution in [1.29, 1.82) is 5.26 Å². The minimum atomic E-state index is -3.68. The molecule has 0 aliphatic heterocycles. The Kier molecular flexibility index (Phi) is 8.27. The Balaban J connectivity index is 1.56. The molecule has 198 valence electrons. The number of nitrogens with one attached hydrogen (secondary N) is 1. The van der Waals surface area contributed by atoms with E-state index in [4.69, 9.17) is 18.1 Å². The van der Waals surface area contributed by atoms with Gasteiger partial charge in [0.15, 0.2) is 0 Å². The summed E-state index contributed by atoms with van der Waals surface area (Å²) < 4.78 is 35.5. The summed E-state index contributed by atoms with van der Waals surface area (Å²) in [6, 6.07) is 14.4. The second kappa shape index (κ2) is 11.6. The van der Waals surface area contributed by atoms with E-state index < -0.39 is 7.82 Å². The van der Waals surface area contributed by atoms with Gasteiger partial charge in [-0.2, -0.15) is 5.26 Å². The fourth-order valence-corrected chi connectivity index (χ4v) is 5.18. The zero-order valence-corrected chi connectivity index (χ0v) is 22.4. The van der Waals surface area contributed by atoms with E-state index in [1.807, 2.05) is 22.8 Å². The van der Waals surface area contributed by atoms with Crippen LogP contribution in [0.2, 0.25) is 0 Å². The Bertz CT molecular complexity index is 1510. The van der Waals surface area contributed by atoms with Crippen LogP contribution in [0.5, 0.6) is 5.75 Å². The fourth-order valence-electron chi connectivity index (χ4n) is 3.99. The number of anilines is 1. The molecule has 4 aromatic rings. The highest BCUT2D eigenvalue weighted by Gasteiger charge is 2.27. The van der Waals surface area contributed by atoms with E-state index in [9.17, 15) is 14.6 Å². The molecule has 38 heavy (non-hydrogen) atoms. The van der Waals surface area contributed by atoms with Gasteiger partial charge < -0.3 is 13.6 Å². The lowest BCUT2D eigenvalue weighted by Gasteiger charge is -2.17. The zero-order chi connectivity index (χ0) is 27.3. The molecule has 11 nitrogen and oxygen atoms in total. The number of nitriles is 1. The molecule has 0 atom stereocenters. The van der Waals surface area contributed by atoms with E-state index in [1.165, 1.54) is 0 Å². The Hall–Kier alpha value is -3.97. The van der Waals surface area contributed by atoms with Crippen molar-refractivity contribution in [3.05, 3.63) is 70.6 Å². The number of phosphoric acid groups is 1. The number of amides is 1. The molecule has 2 aromatic carbocycles. The van der Waals surface area contributed by atoms with Crippen LogP contribution in [-0.4, -0.2) is 33.8 Å². The molecule has 12 heteroatoms. The predicted octanol–water partition coefficient (Wildman–Crippen LogP) is 5.57. The molecule has 0 spiro atoms. The highest BCUT2D eigenvalue weighted by Crippen LogP contribution is 2.49. The maximum Gasteiger partial charge on any atom is 0.530 e. The molecule has 4 rings (SSSR count). The number of rotatable bonds is 11. The van der Waals surface area contributed by atoms with Crippen molar-refractivity contribution in [1.82, 2.24) is 14.7 Å². The number of aromatic nitrogens is 3. The van der Waals surface area contributed by atoms with Crippen LogP contribution in [0.4, 0.5) is 5.95 Å². The van der Waals surface area contributed by atoms with Gasteiger partial charge >= 0.3 is 7.82 Å². The van der Waals surface area contributed by atoms with Crippen molar-refractivity contribution in [2.75, 3.05) is 18.5 Å². The molecule has 0 aliphatic carbocycles. The van der Waals surface area contributed by atoms with Crippen LogP contribution in [0.15, 0.2) is 47.0 Å². The molecule has 2 aromatic heterocycles. The van der Waals surface area contributed by atoms with Crippen molar-refractivity contribution in [2.24, 2.45) is 0 Å². The molecule has 0 aliphatic rings. The average Bonchev–Trinajstić information content (AvgIpc) is 3.41. The van der Waals surface area contributed by atoms with Crippen LogP contribution in [0, 0.1) is 25.2 Å². The van der Waals surface area contributed by atoms with Gasteiger partial charge in [-0.3, -0.25) is 19.2 Å². The summed E-state index contributed by atoms with van der Waals surface area (Å²) >= 11 is 0. The summed E-state index contributed by atoms with van der Waals surface area (Å²) in [6.45, 7) is 7.66. The molecule has 0 unspecified atom stereocenters. The second-order valence-corrected chi connectivity index (χ2v) is 9.92.